The van der Waals surface area contributed by atoms with E-state index < -0.39 is 6.04 Å². The van der Waals surface area contributed by atoms with Crippen LogP contribution in [0.1, 0.15) is 37.2 Å². The average Bonchev–Trinajstić information content (AvgIpc) is 3.01. The first kappa shape index (κ1) is 13.1. The molecule has 3 heterocycles. The van der Waals surface area contributed by atoms with Crippen LogP contribution in [0.15, 0.2) is 31.0 Å². The van der Waals surface area contributed by atoms with E-state index in [2.05, 4.69) is 15.2 Å². The fourth-order valence-electron chi connectivity index (χ4n) is 2.29. The molecule has 0 aromatic carbocycles. The van der Waals surface area contributed by atoms with Crippen molar-refractivity contribution in [2.24, 2.45) is 5.73 Å². The molecule has 0 aliphatic heterocycles. The van der Waals surface area contributed by atoms with Crippen LogP contribution in [0.2, 0.25) is 5.02 Å². The molecule has 2 N–H and O–H groups in total. The van der Waals surface area contributed by atoms with E-state index in [1.165, 1.54) is 0 Å². The van der Waals surface area contributed by atoms with Gasteiger partial charge in [0.25, 0.3) is 0 Å². The molecule has 1 unspecified atom stereocenters. The van der Waals surface area contributed by atoms with Crippen molar-refractivity contribution >= 4 is 17.1 Å². The molecule has 0 aliphatic carbocycles. The van der Waals surface area contributed by atoms with Crippen LogP contribution in [-0.4, -0.2) is 24.4 Å². The summed E-state index contributed by atoms with van der Waals surface area (Å²) >= 11 is 6.25. The van der Waals surface area contributed by atoms with Crippen LogP contribution >= 0.6 is 11.6 Å². The fraction of sp³-hybridized carbons (Fsp3) is 0.308. The molecule has 0 aliphatic rings. The summed E-state index contributed by atoms with van der Waals surface area (Å²) in [5.74, 6) is 0. The van der Waals surface area contributed by atoms with Crippen LogP contribution in [0.4, 0.5) is 0 Å². The van der Waals surface area contributed by atoms with Crippen molar-refractivity contribution in [3.05, 3.63) is 47.3 Å². The molecule has 3 rings (SSSR count). The van der Waals surface area contributed by atoms with E-state index in [1.54, 1.807) is 35.5 Å². The number of halogens is 1. The predicted molar refractivity (Wildman–Crippen MR) is 76.6 cm³/mol. The molecule has 3 aromatic rings. The number of rotatable bonds is 3. The van der Waals surface area contributed by atoms with E-state index in [1.807, 2.05) is 18.5 Å². The lowest BCUT2D eigenvalue weighted by molar-refractivity contribution is 0.500. The first-order valence-corrected chi connectivity index (χ1v) is 6.73. The summed E-state index contributed by atoms with van der Waals surface area (Å²) < 4.78 is 3.58. The second-order valence-corrected chi connectivity index (χ2v) is 5.31. The molecule has 20 heavy (non-hydrogen) atoms. The molecular formula is C13H15ClN6. The van der Waals surface area contributed by atoms with Crippen molar-refractivity contribution in [2.45, 2.75) is 25.9 Å². The van der Waals surface area contributed by atoms with Gasteiger partial charge in [-0.2, -0.15) is 10.2 Å². The van der Waals surface area contributed by atoms with Gasteiger partial charge in [0.05, 0.1) is 40.9 Å². The van der Waals surface area contributed by atoms with Gasteiger partial charge in [-0.1, -0.05) is 11.6 Å². The van der Waals surface area contributed by atoms with Gasteiger partial charge in [-0.3, -0.25) is 9.67 Å². The highest BCUT2D eigenvalue weighted by atomic mass is 35.5. The minimum atomic E-state index is -0.394. The Labute approximate surface area is 121 Å². The van der Waals surface area contributed by atoms with Gasteiger partial charge in [-0.05, 0) is 13.8 Å². The Morgan fingerprint density at radius 2 is 2.00 bits per heavy atom. The molecule has 7 heteroatoms. The molecule has 0 saturated heterocycles. The van der Waals surface area contributed by atoms with Crippen molar-refractivity contribution in [3.8, 4) is 0 Å². The summed E-state index contributed by atoms with van der Waals surface area (Å²) in [4.78, 5) is 4.12. The average molecular weight is 291 g/mol. The lowest BCUT2D eigenvalue weighted by Gasteiger charge is -2.16. The smallest absolute Gasteiger partial charge is 0.0896 e. The molecule has 6 nitrogen and oxygen atoms in total. The highest BCUT2D eigenvalue weighted by molar-refractivity contribution is 6.31. The van der Waals surface area contributed by atoms with E-state index in [0.29, 0.717) is 5.02 Å². The molecule has 0 bridgehead atoms. The van der Waals surface area contributed by atoms with Crippen LogP contribution in [0, 0.1) is 0 Å². The number of nitrogens with zero attached hydrogens (tertiary/aromatic N) is 5. The Kier molecular flexibility index (Phi) is 3.19. The normalized spacial score (nSPS) is 13.2. The van der Waals surface area contributed by atoms with Gasteiger partial charge in [0.1, 0.15) is 0 Å². The zero-order valence-corrected chi connectivity index (χ0v) is 12.0. The Hall–Kier alpha value is -1.92. The molecule has 0 radical (unpaired) electrons. The SMILES string of the molecule is CC(C)n1ncc(Cl)c1C(N)c1cnn2ccncc12. The van der Waals surface area contributed by atoms with Crippen molar-refractivity contribution in [2.75, 3.05) is 0 Å². The molecule has 1 atom stereocenters. The summed E-state index contributed by atoms with van der Waals surface area (Å²) in [6, 6.07) is -0.211. The van der Waals surface area contributed by atoms with Crippen LogP contribution in [0.3, 0.4) is 0 Å². The minimum Gasteiger partial charge on any atom is -0.319 e. The maximum absolute atomic E-state index is 6.38. The fourth-order valence-corrected chi connectivity index (χ4v) is 2.54. The maximum Gasteiger partial charge on any atom is 0.0896 e. The second kappa shape index (κ2) is 4.88. The number of hydrogen-bond acceptors (Lipinski definition) is 4. The van der Waals surface area contributed by atoms with Crippen molar-refractivity contribution in [1.82, 2.24) is 24.4 Å². The van der Waals surface area contributed by atoms with Crippen molar-refractivity contribution in [1.29, 1.82) is 0 Å². The molecular weight excluding hydrogens is 276 g/mol. The monoisotopic (exact) mass is 290 g/mol. The van der Waals surface area contributed by atoms with Crippen molar-refractivity contribution in [3.63, 3.8) is 0 Å². The van der Waals surface area contributed by atoms with Gasteiger partial charge in [0, 0.05) is 24.0 Å². The predicted octanol–water partition coefficient (Wildman–Crippen LogP) is 2.21. The molecule has 0 saturated carbocycles. The first-order chi connectivity index (χ1) is 9.59. The minimum absolute atomic E-state index is 0.184. The highest BCUT2D eigenvalue weighted by Gasteiger charge is 2.22. The first-order valence-electron chi connectivity index (χ1n) is 6.35. The molecule has 0 amide bonds. The van der Waals surface area contributed by atoms with Gasteiger partial charge < -0.3 is 5.73 Å². The number of fused-ring (bicyclic) bond motifs is 1. The molecule has 0 spiro atoms. The van der Waals surface area contributed by atoms with Gasteiger partial charge in [-0.25, -0.2) is 4.52 Å². The lowest BCUT2D eigenvalue weighted by atomic mass is 10.1. The topological polar surface area (TPSA) is 74.0 Å². The van der Waals surface area contributed by atoms with Gasteiger partial charge in [0.2, 0.25) is 0 Å². The van der Waals surface area contributed by atoms with E-state index >= 15 is 0 Å². The lowest BCUT2D eigenvalue weighted by Crippen LogP contribution is -2.19. The summed E-state index contributed by atoms with van der Waals surface area (Å²) in [5.41, 5.74) is 8.92. The zero-order chi connectivity index (χ0) is 14.3. The maximum atomic E-state index is 6.38. The third kappa shape index (κ3) is 1.97. The molecule has 3 aromatic heterocycles. The van der Waals surface area contributed by atoms with E-state index in [9.17, 15) is 0 Å². The molecule has 0 fully saturated rings. The van der Waals surface area contributed by atoms with Crippen LogP contribution < -0.4 is 5.73 Å². The number of hydrogen-bond donors (Lipinski definition) is 1. The summed E-state index contributed by atoms with van der Waals surface area (Å²) in [6.07, 6.45) is 8.58. The largest absolute Gasteiger partial charge is 0.319 e. The third-order valence-electron chi connectivity index (χ3n) is 3.26. The van der Waals surface area contributed by atoms with Gasteiger partial charge in [0.15, 0.2) is 0 Å². The Bertz CT molecular complexity index is 744. The standard InChI is InChI=1S/C13H15ClN6/c1-8(2)20-13(10(14)6-18-20)12(15)9-5-17-19-4-3-16-7-11(9)19/h3-8,12H,15H2,1-2H3. The zero-order valence-electron chi connectivity index (χ0n) is 11.2. The van der Waals surface area contributed by atoms with Gasteiger partial charge in [-0.15, -0.1) is 0 Å². The van der Waals surface area contributed by atoms with Crippen LogP contribution in [0.25, 0.3) is 5.52 Å². The highest BCUT2D eigenvalue weighted by Crippen LogP contribution is 2.30. The summed E-state index contributed by atoms with van der Waals surface area (Å²) in [6.45, 7) is 4.08. The summed E-state index contributed by atoms with van der Waals surface area (Å²) in [5, 5.41) is 9.13. The van der Waals surface area contributed by atoms with Crippen molar-refractivity contribution < 1.29 is 0 Å². The van der Waals surface area contributed by atoms with E-state index in [0.717, 1.165) is 16.8 Å². The van der Waals surface area contributed by atoms with Crippen LogP contribution in [-0.2, 0) is 0 Å². The summed E-state index contributed by atoms with van der Waals surface area (Å²) in [7, 11) is 0. The quantitative estimate of drug-likeness (QED) is 0.802. The van der Waals surface area contributed by atoms with Gasteiger partial charge >= 0.3 is 0 Å². The molecule has 104 valence electrons. The Morgan fingerprint density at radius 1 is 1.20 bits per heavy atom. The second-order valence-electron chi connectivity index (χ2n) is 4.90. The van der Waals surface area contributed by atoms with Crippen LogP contribution in [0.5, 0.6) is 0 Å². The Balaban J connectivity index is 2.13. The van der Waals surface area contributed by atoms with E-state index in [-0.39, 0.29) is 6.04 Å². The Morgan fingerprint density at radius 3 is 2.75 bits per heavy atom. The van der Waals surface area contributed by atoms with E-state index in [4.69, 9.17) is 17.3 Å². The number of nitrogens with two attached hydrogens (primary N) is 1. The number of aromatic nitrogens is 5. The third-order valence-corrected chi connectivity index (χ3v) is 3.55.